The average Bonchev–Trinajstić information content (AvgIpc) is 2.37. The van der Waals surface area contributed by atoms with E-state index in [9.17, 15) is 4.79 Å². The molecule has 0 unspecified atom stereocenters. The van der Waals surface area contributed by atoms with Crippen LogP contribution in [0.3, 0.4) is 0 Å². The lowest BCUT2D eigenvalue weighted by Gasteiger charge is -2.34. The lowest BCUT2D eigenvalue weighted by Crippen LogP contribution is -2.42. The van der Waals surface area contributed by atoms with Crippen LogP contribution in [0, 0.1) is 15.4 Å². The van der Waals surface area contributed by atoms with E-state index < -0.39 is 0 Å². The Balaban J connectivity index is 1.77. The van der Waals surface area contributed by atoms with E-state index in [0.717, 1.165) is 47.1 Å². The Morgan fingerprint density at radius 2 is 2.05 bits per heavy atom. The van der Waals surface area contributed by atoms with Crippen molar-refractivity contribution in [3.8, 4) is 0 Å². The normalized spacial score (nSPS) is 23.6. The van der Waals surface area contributed by atoms with E-state index >= 15 is 0 Å². The van der Waals surface area contributed by atoms with Gasteiger partial charge in [-0.1, -0.05) is 19.9 Å². The molecule has 1 aromatic carbocycles. The highest BCUT2D eigenvalue weighted by molar-refractivity contribution is 14.1. The maximum atomic E-state index is 12.0. The third kappa shape index (κ3) is 4.74. The lowest BCUT2D eigenvalue weighted by molar-refractivity contribution is 0.0936. The predicted molar refractivity (Wildman–Crippen MR) is 90.9 cm³/mol. The molecule has 0 radical (unpaired) electrons. The van der Waals surface area contributed by atoms with Crippen LogP contribution in [0.25, 0.3) is 0 Å². The molecule has 1 aliphatic rings. The zero-order chi connectivity index (χ0) is 14.5. The Bertz CT molecular complexity index is 454. The maximum absolute atomic E-state index is 12.0. The highest BCUT2D eigenvalue weighted by atomic mass is 127. The van der Waals surface area contributed by atoms with Gasteiger partial charge >= 0.3 is 0 Å². The van der Waals surface area contributed by atoms with Crippen molar-refractivity contribution in [3.63, 3.8) is 0 Å². The number of piperidine rings is 1. The van der Waals surface area contributed by atoms with Crippen molar-refractivity contribution in [3.05, 3.63) is 33.4 Å². The Labute approximate surface area is 135 Å². The third-order valence-corrected chi connectivity index (χ3v) is 4.42. The average molecular weight is 386 g/mol. The number of rotatable bonds is 4. The SMILES string of the molecule is C[C@@H]1C[C@@H](C)CN(CCNC(=O)c2cccc(I)c2)C1. The fourth-order valence-corrected chi connectivity index (χ4v) is 3.58. The molecule has 0 aromatic heterocycles. The molecule has 1 N–H and O–H groups in total. The van der Waals surface area contributed by atoms with Crippen LogP contribution in [0.4, 0.5) is 0 Å². The van der Waals surface area contributed by atoms with E-state index in [0.29, 0.717) is 0 Å². The molecule has 2 rings (SSSR count). The minimum Gasteiger partial charge on any atom is -0.351 e. The van der Waals surface area contributed by atoms with Crippen LogP contribution in [-0.4, -0.2) is 37.0 Å². The Kier molecular flexibility index (Phi) is 5.84. The summed E-state index contributed by atoms with van der Waals surface area (Å²) >= 11 is 2.23. The number of hydrogen-bond donors (Lipinski definition) is 1. The molecule has 1 heterocycles. The van der Waals surface area contributed by atoms with Gasteiger partial charge in [0.05, 0.1) is 0 Å². The van der Waals surface area contributed by atoms with Gasteiger partial charge in [-0.2, -0.15) is 0 Å². The molecule has 0 bridgehead atoms. The number of carbonyl (C=O) groups excluding carboxylic acids is 1. The second-order valence-corrected chi connectivity index (χ2v) is 7.22. The molecule has 0 saturated carbocycles. The molecular weight excluding hydrogens is 363 g/mol. The first-order valence-corrected chi connectivity index (χ1v) is 8.38. The molecule has 2 atom stereocenters. The standard InChI is InChI=1S/C16H23IN2O/c1-12-8-13(2)11-19(10-12)7-6-18-16(20)14-4-3-5-15(17)9-14/h3-5,9,12-13H,6-8,10-11H2,1-2H3,(H,18,20)/t12-,13-/m1/s1. The number of halogens is 1. The first kappa shape index (κ1) is 15.8. The van der Waals surface area contributed by atoms with E-state index in [1.807, 2.05) is 24.3 Å². The molecule has 1 aliphatic heterocycles. The largest absolute Gasteiger partial charge is 0.351 e. The number of likely N-dealkylation sites (tertiary alicyclic amines) is 1. The van der Waals surface area contributed by atoms with Crippen molar-refractivity contribution < 1.29 is 4.79 Å². The Morgan fingerprint density at radius 1 is 1.35 bits per heavy atom. The van der Waals surface area contributed by atoms with Gasteiger partial charge in [0.15, 0.2) is 0 Å². The van der Waals surface area contributed by atoms with Gasteiger partial charge in [0.25, 0.3) is 5.91 Å². The van der Waals surface area contributed by atoms with E-state index in [-0.39, 0.29) is 5.91 Å². The molecule has 1 fully saturated rings. The number of benzene rings is 1. The molecule has 1 saturated heterocycles. The number of carbonyl (C=O) groups is 1. The molecule has 3 nitrogen and oxygen atoms in total. The number of nitrogens with one attached hydrogen (secondary N) is 1. The maximum Gasteiger partial charge on any atom is 0.251 e. The zero-order valence-corrected chi connectivity index (χ0v) is 14.4. The monoisotopic (exact) mass is 386 g/mol. The topological polar surface area (TPSA) is 32.3 Å². The zero-order valence-electron chi connectivity index (χ0n) is 12.2. The van der Waals surface area contributed by atoms with Crippen LogP contribution in [0.2, 0.25) is 0 Å². The molecule has 1 aromatic rings. The van der Waals surface area contributed by atoms with Crippen molar-refractivity contribution in [1.29, 1.82) is 0 Å². The van der Waals surface area contributed by atoms with Crippen molar-refractivity contribution in [2.45, 2.75) is 20.3 Å². The van der Waals surface area contributed by atoms with Gasteiger partial charge in [0, 0.05) is 35.3 Å². The van der Waals surface area contributed by atoms with Crippen LogP contribution in [0.1, 0.15) is 30.6 Å². The first-order chi connectivity index (χ1) is 9.54. The molecular formula is C16H23IN2O. The summed E-state index contributed by atoms with van der Waals surface area (Å²) in [4.78, 5) is 14.5. The van der Waals surface area contributed by atoms with E-state index in [1.54, 1.807) is 0 Å². The first-order valence-electron chi connectivity index (χ1n) is 7.30. The van der Waals surface area contributed by atoms with Crippen LogP contribution in [0.15, 0.2) is 24.3 Å². The fourth-order valence-electron chi connectivity index (χ4n) is 3.03. The third-order valence-electron chi connectivity index (χ3n) is 3.74. The van der Waals surface area contributed by atoms with Crippen molar-refractivity contribution in [1.82, 2.24) is 10.2 Å². The number of amides is 1. The molecule has 110 valence electrons. The van der Waals surface area contributed by atoms with Crippen molar-refractivity contribution in [2.75, 3.05) is 26.2 Å². The van der Waals surface area contributed by atoms with Crippen LogP contribution >= 0.6 is 22.6 Å². The van der Waals surface area contributed by atoms with Crippen LogP contribution < -0.4 is 5.32 Å². The summed E-state index contributed by atoms with van der Waals surface area (Å²) in [6.07, 6.45) is 1.32. The minimum absolute atomic E-state index is 0.0293. The van der Waals surface area contributed by atoms with Gasteiger partial charge in [-0.15, -0.1) is 0 Å². The lowest BCUT2D eigenvalue weighted by atomic mass is 9.92. The molecule has 0 aliphatic carbocycles. The second kappa shape index (κ2) is 7.41. The van der Waals surface area contributed by atoms with Crippen LogP contribution in [-0.2, 0) is 0 Å². The van der Waals surface area contributed by atoms with Crippen molar-refractivity contribution >= 4 is 28.5 Å². The molecule has 20 heavy (non-hydrogen) atoms. The summed E-state index contributed by atoms with van der Waals surface area (Å²) in [5.41, 5.74) is 0.747. The van der Waals surface area contributed by atoms with Gasteiger partial charge in [-0.05, 0) is 59.0 Å². The van der Waals surface area contributed by atoms with Gasteiger partial charge in [0.1, 0.15) is 0 Å². The summed E-state index contributed by atoms with van der Waals surface area (Å²) < 4.78 is 1.09. The summed E-state index contributed by atoms with van der Waals surface area (Å²) in [5, 5.41) is 3.02. The van der Waals surface area contributed by atoms with E-state index in [4.69, 9.17) is 0 Å². The number of nitrogens with zero attached hydrogens (tertiary/aromatic N) is 1. The Hall–Kier alpha value is -0.620. The Morgan fingerprint density at radius 3 is 2.70 bits per heavy atom. The second-order valence-electron chi connectivity index (χ2n) is 5.97. The van der Waals surface area contributed by atoms with E-state index in [1.165, 1.54) is 6.42 Å². The predicted octanol–water partition coefficient (Wildman–Crippen LogP) is 3.00. The molecule has 4 heteroatoms. The number of hydrogen-bond acceptors (Lipinski definition) is 2. The fraction of sp³-hybridized carbons (Fsp3) is 0.562. The van der Waals surface area contributed by atoms with Gasteiger partial charge in [0.2, 0.25) is 0 Å². The quantitative estimate of drug-likeness (QED) is 0.807. The molecule has 1 amide bonds. The summed E-state index contributed by atoms with van der Waals surface area (Å²) in [7, 11) is 0. The van der Waals surface area contributed by atoms with Gasteiger partial charge in [-0.3, -0.25) is 4.79 Å². The molecule has 0 spiro atoms. The summed E-state index contributed by atoms with van der Waals surface area (Å²) in [6.45, 7) is 8.61. The van der Waals surface area contributed by atoms with Gasteiger partial charge < -0.3 is 10.2 Å². The van der Waals surface area contributed by atoms with Crippen molar-refractivity contribution in [2.24, 2.45) is 11.8 Å². The highest BCUT2D eigenvalue weighted by Crippen LogP contribution is 2.20. The highest BCUT2D eigenvalue weighted by Gasteiger charge is 2.21. The minimum atomic E-state index is 0.0293. The summed E-state index contributed by atoms with van der Waals surface area (Å²) in [5.74, 6) is 1.57. The van der Waals surface area contributed by atoms with Gasteiger partial charge in [-0.25, -0.2) is 0 Å². The van der Waals surface area contributed by atoms with Crippen LogP contribution in [0.5, 0.6) is 0 Å². The summed E-state index contributed by atoms with van der Waals surface area (Å²) in [6, 6.07) is 7.70. The van der Waals surface area contributed by atoms with E-state index in [2.05, 4.69) is 46.7 Å². The smallest absolute Gasteiger partial charge is 0.251 e.